The first kappa shape index (κ1) is 17.5. The van der Waals surface area contributed by atoms with Gasteiger partial charge in [-0.2, -0.15) is 14.6 Å². The van der Waals surface area contributed by atoms with Crippen LogP contribution < -0.4 is 15.7 Å². The van der Waals surface area contributed by atoms with Crippen molar-refractivity contribution in [2.24, 2.45) is 0 Å². The van der Waals surface area contributed by atoms with Gasteiger partial charge in [-0.1, -0.05) is 84.1 Å². The summed E-state index contributed by atoms with van der Waals surface area (Å²) in [6.45, 7) is 0. The highest BCUT2D eigenvalue weighted by atomic mass is 32.1. The van der Waals surface area contributed by atoms with Crippen LogP contribution in [0, 0.1) is 0 Å². The molecule has 3 aromatic carbocycles. The van der Waals surface area contributed by atoms with Gasteiger partial charge in [-0.05, 0) is 28.0 Å². The van der Waals surface area contributed by atoms with Crippen molar-refractivity contribution in [3.05, 3.63) is 115 Å². The van der Waals surface area contributed by atoms with Crippen LogP contribution >= 0.6 is 11.3 Å². The molecule has 0 unspecified atom stereocenters. The fourth-order valence-corrected chi connectivity index (χ4v) is 4.25. The Hall–Kier alpha value is -3.64. The zero-order valence-corrected chi connectivity index (χ0v) is 16.1. The zero-order chi connectivity index (χ0) is 19.8. The summed E-state index contributed by atoms with van der Waals surface area (Å²) in [5.41, 5.74) is 1.50. The Bertz CT molecular complexity index is 1520. The molecule has 0 radical (unpaired) electrons. The Morgan fingerprint density at radius 1 is 0.897 bits per heavy atom. The van der Waals surface area contributed by atoms with Crippen molar-refractivity contribution in [2.45, 2.75) is 6.42 Å². The number of thiazole rings is 1. The molecule has 5 aromatic rings. The topological polar surface area (TPSA) is 64.3 Å². The zero-order valence-electron chi connectivity index (χ0n) is 15.3. The monoisotopic (exact) mass is 397 g/mol. The molecule has 6 heteroatoms. The van der Waals surface area contributed by atoms with Crippen LogP contribution in [0.1, 0.15) is 16.8 Å². The van der Waals surface area contributed by atoms with E-state index >= 15 is 0 Å². The molecule has 5 nitrogen and oxygen atoms in total. The van der Waals surface area contributed by atoms with E-state index in [1.807, 2.05) is 78.9 Å². The van der Waals surface area contributed by atoms with Gasteiger partial charge in [0.15, 0.2) is 0 Å². The predicted octanol–water partition coefficient (Wildman–Crippen LogP) is 2.80. The number of hydrogen-bond acceptors (Lipinski definition) is 5. The molecule has 2 heterocycles. The summed E-state index contributed by atoms with van der Waals surface area (Å²) >= 11 is 1.18. The van der Waals surface area contributed by atoms with E-state index < -0.39 is 5.56 Å². The third-order valence-corrected chi connectivity index (χ3v) is 5.73. The van der Waals surface area contributed by atoms with Gasteiger partial charge in [0, 0.05) is 6.42 Å². The van der Waals surface area contributed by atoms with Gasteiger partial charge in [-0.3, -0.25) is 9.59 Å². The van der Waals surface area contributed by atoms with Crippen molar-refractivity contribution in [3.63, 3.8) is 0 Å². The van der Waals surface area contributed by atoms with E-state index in [0.29, 0.717) is 15.9 Å². The number of hydrogen-bond donors (Lipinski definition) is 0. The molecule has 0 amide bonds. The predicted molar refractivity (Wildman–Crippen MR) is 115 cm³/mol. The number of fused-ring (bicyclic) bond motifs is 2. The normalized spacial score (nSPS) is 12.1. The molecular formula is C23H15N3O2S. The number of aromatic nitrogens is 3. The summed E-state index contributed by atoms with van der Waals surface area (Å²) in [7, 11) is 0. The van der Waals surface area contributed by atoms with Gasteiger partial charge in [0.25, 0.3) is 11.1 Å². The lowest BCUT2D eigenvalue weighted by molar-refractivity contribution is 0.811. The van der Waals surface area contributed by atoms with Crippen LogP contribution in [0.15, 0.2) is 82.4 Å². The van der Waals surface area contributed by atoms with E-state index in [0.717, 1.165) is 21.9 Å². The Morgan fingerprint density at radius 3 is 2.52 bits per heavy atom. The molecule has 0 aliphatic rings. The lowest BCUT2D eigenvalue weighted by Gasteiger charge is -2.00. The van der Waals surface area contributed by atoms with Gasteiger partial charge in [-0.15, -0.1) is 0 Å². The first-order valence-electron chi connectivity index (χ1n) is 9.15. The second-order valence-electron chi connectivity index (χ2n) is 6.70. The summed E-state index contributed by atoms with van der Waals surface area (Å²) in [6.07, 6.45) is 2.18. The van der Waals surface area contributed by atoms with Crippen LogP contribution in [-0.4, -0.2) is 14.6 Å². The van der Waals surface area contributed by atoms with Crippen molar-refractivity contribution >= 4 is 33.1 Å². The Labute approximate surface area is 169 Å². The van der Waals surface area contributed by atoms with E-state index in [-0.39, 0.29) is 11.3 Å². The van der Waals surface area contributed by atoms with Gasteiger partial charge < -0.3 is 0 Å². The van der Waals surface area contributed by atoms with Gasteiger partial charge in [0.05, 0.1) is 4.53 Å². The second kappa shape index (κ2) is 7.07. The smallest absolute Gasteiger partial charge is 0.266 e. The van der Waals surface area contributed by atoms with Crippen molar-refractivity contribution < 1.29 is 0 Å². The SMILES string of the molecule is O=c1nc2sc(=Cc3cccc4ccccc34)c(=O)n2nc1Cc1ccccc1. The maximum atomic E-state index is 12.9. The molecular weight excluding hydrogens is 382 g/mol. The fraction of sp³-hybridized carbons (Fsp3) is 0.0435. The lowest BCUT2D eigenvalue weighted by atomic mass is 10.0. The maximum Gasteiger partial charge on any atom is 0.296 e. The first-order valence-corrected chi connectivity index (χ1v) is 9.97. The molecule has 0 aliphatic heterocycles. The van der Waals surface area contributed by atoms with Crippen LogP contribution in [0.2, 0.25) is 0 Å². The molecule has 140 valence electrons. The molecule has 0 spiro atoms. The summed E-state index contributed by atoms with van der Waals surface area (Å²) in [5, 5.41) is 6.48. The van der Waals surface area contributed by atoms with Crippen molar-refractivity contribution in [1.29, 1.82) is 0 Å². The number of benzene rings is 3. The van der Waals surface area contributed by atoms with Gasteiger partial charge >= 0.3 is 0 Å². The standard InChI is InChI=1S/C23H15N3O2S/c27-21-19(13-15-7-2-1-3-8-15)25-26-22(28)20(29-23(26)24-21)14-17-11-6-10-16-9-4-5-12-18(16)17/h1-12,14H,13H2. The molecule has 2 aromatic heterocycles. The van der Waals surface area contributed by atoms with E-state index in [4.69, 9.17) is 0 Å². The fourth-order valence-electron chi connectivity index (χ4n) is 3.36. The Balaban J connectivity index is 1.66. The molecule has 0 saturated carbocycles. The quantitative estimate of drug-likeness (QED) is 0.470. The number of rotatable bonds is 3. The molecule has 0 aliphatic carbocycles. The Kier molecular flexibility index (Phi) is 4.26. The highest BCUT2D eigenvalue weighted by molar-refractivity contribution is 7.15. The number of nitrogens with zero attached hydrogens (tertiary/aromatic N) is 3. The first-order chi connectivity index (χ1) is 14.2. The summed E-state index contributed by atoms with van der Waals surface area (Å²) < 4.78 is 1.74. The largest absolute Gasteiger partial charge is 0.296 e. The van der Waals surface area contributed by atoms with Crippen LogP contribution in [-0.2, 0) is 6.42 Å². The molecule has 0 bridgehead atoms. The lowest BCUT2D eigenvalue weighted by Crippen LogP contribution is -2.28. The highest BCUT2D eigenvalue weighted by Gasteiger charge is 2.12. The summed E-state index contributed by atoms with van der Waals surface area (Å²) in [6, 6.07) is 23.5. The average Bonchev–Trinajstić information content (AvgIpc) is 3.04. The van der Waals surface area contributed by atoms with Crippen molar-refractivity contribution in [2.75, 3.05) is 0 Å². The van der Waals surface area contributed by atoms with E-state index in [9.17, 15) is 9.59 Å². The highest BCUT2D eigenvalue weighted by Crippen LogP contribution is 2.19. The van der Waals surface area contributed by atoms with E-state index in [1.54, 1.807) is 0 Å². The van der Waals surface area contributed by atoms with E-state index in [1.165, 1.54) is 15.9 Å². The van der Waals surface area contributed by atoms with Crippen LogP contribution in [0.5, 0.6) is 0 Å². The summed E-state index contributed by atoms with van der Waals surface area (Å²) in [5.74, 6) is 0. The second-order valence-corrected chi connectivity index (χ2v) is 7.71. The minimum Gasteiger partial charge on any atom is -0.266 e. The molecule has 0 saturated heterocycles. The molecule has 0 fully saturated rings. The third-order valence-electron chi connectivity index (χ3n) is 4.77. The summed E-state index contributed by atoms with van der Waals surface area (Å²) in [4.78, 5) is 29.7. The van der Waals surface area contributed by atoms with Crippen LogP contribution in [0.25, 0.3) is 21.8 Å². The molecule has 5 rings (SSSR count). The molecule has 0 N–H and O–H groups in total. The third kappa shape index (κ3) is 3.23. The minimum absolute atomic E-state index is 0.264. The molecule has 29 heavy (non-hydrogen) atoms. The Morgan fingerprint density at radius 2 is 1.66 bits per heavy atom. The van der Waals surface area contributed by atoms with Crippen LogP contribution in [0.3, 0.4) is 0 Å². The van der Waals surface area contributed by atoms with Gasteiger partial charge in [0.2, 0.25) is 4.96 Å². The average molecular weight is 397 g/mol. The maximum absolute atomic E-state index is 12.9. The minimum atomic E-state index is -0.396. The van der Waals surface area contributed by atoms with Crippen LogP contribution in [0.4, 0.5) is 0 Å². The van der Waals surface area contributed by atoms with Crippen molar-refractivity contribution in [3.8, 4) is 0 Å². The van der Waals surface area contributed by atoms with Gasteiger partial charge in [0.1, 0.15) is 5.69 Å². The van der Waals surface area contributed by atoms with E-state index in [2.05, 4.69) is 10.1 Å². The van der Waals surface area contributed by atoms with Gasteiger partial charge in [-0.25, -0.2) is 0 Å². The molecule has 0 atom stereocenters. The van der Waals surface area contributed by atoms with Crippen molar-refractivity contribution in [1.82, 2.24) is 14.6 Å².